The first-order valence-electron chi connectivity index (χ1n) is 7.31. The van der Waals surface area contributed by atoms with Gasteiger partial charge in [0.2, 0.25) is 11.3 Å². The lowest BCUT2D eigenvalue weighted by atomic mass is 10.1. The van der Waals surface area contributed by atoms with Crippen LogP contribution < -0.4 is 4.72 Å². The molecule has 7 nitrogen and oxygen atoms in total. The van der Waals surface area contributed by atoms with E-state index >= 15 is 0 Å². The van der Waals surface area contributed by atoms with Gasteiger partial charge >= 0.3 is 0 Å². The van der Waals surface area contributed by atoms with E-state index in [0.717, 1.165) is 35.3 Å². The van der Waals surface area contributed by atoms with Gasteiger partial charge in [0.1, 0.15) is 0 Å². The van der Waals surface area contributed by atoms with Gasteiger partial charge in [-0.05, 0) is 30.5 Å². The zero-order chi connectivity index (χ0) is 16.0. The summed E-state index contributed by atoms with van der Waals surface area (Å²) in [5, 5.41) is 13.5. The number of nitriles is 1. The number of hydrogen-bond acceptors (Lipinski definition) is 4. The molecular weight excluding hydrogens is 314 g/mol. The van der Waals surface area contributed by atoms with Crippen LogP contribution in [-0.2, 0) is 29.9 Å². The normalized spacial score (nSPS) is 19.2. The van der Waals surface area contributed by atoms with Gasteiger partial charge in [0, 0.05) is 5.56 Å². The van der Waals surface area contributed by atoms with Crippen molar-refractivity contribution in [2.24, 2.45) is 0 Å². The first-order chi connectivity index (χ1) is 11.1. The number of nitrogens with zero attached hydrogens (tertiary/aromatic N) is 4. The molecule has 118 valence electrons. The summed E-state index contributed by atoms with van der Waals surface area (Å²) >= 11 is -2.04. The first kappa shape index (κ1) is 14.4. The molecule has 1 aliphatic carbocycles. The highest BCUT2D eigenvalue weighted by atomic mass is 32.2. The van der Waals surface area contributed by atoms with Crippen LogP contribution in [0.1, 0.15) is 29.7 Å². The summed E-state index contributed by atoms with van der Waals surface area (Å²) in [5.41, 5.74) is 3.56. The smallest absolute Gasteiger partial charge is 0.232 e. The van der Waals surface area contributed by atoms with E-state index in [-0.39, 0.29) is 0 Å². The van der Waals surface area contributed by atoms with Crippen LogP contribution in [0.2, 0.25) is 0 Å². The molecule has 0 radical (unpaired) electrons. The Balaban J connectivity index is 1.69. The fourth-order valence-electron chi connectivity index (χ4n) is 3.12. The van der Waals surface area contributed by atoms with Crippen LogP contribution in [0, 0.1) is 11.5 Å². The van der Waals surface area contributed by atoms with Crippen molar-refractivity contribution >= 4 is 11.3 Å². The molecule has 0 spiro atoms. The summed E-state index contributed by atoms with van der Waals surface area (Å²) < 4.78 is 24.8. The van der Waals surface area contributed by atoms with Gasteiger partial charge < -0.3 is 4.90 Å². The van der Waals surface area contributed by atoms with E-state index in [1.54, 1.807) is 11.1 Å². The van der Waals surface area contributed by atoms with Crippen molar-refractivity contribution in [2.45, 2.75) is 31.5 Å². The highest BCUT2D eigenvalue weighted by Crippen LogP contribution is 2.46. The topological polar surface area (TPSA) is 94.2 Å². The Morgan fingerprint density at radius 1 is 1.39 bits per heavy atom. The lowest BCUT2D eigenvalue weighted by Crippen LogP contribution is -2.30. The monoisotopic (exact) mass is 329 g/mol. The number of aromatic nitrogens is 2. The molecule has 23 heavy (non-hydrogen) atoms. The molecule has 8 heteroatoms. The van der Waals surface area contributed by atoms with Crippen molar-refractivity contribution in [1.82, 2.24) is 19.4 Å². The van der Waals surface area contributed by atoms with E-state index in [1.165, 1.54) is 0 Å². The molecule has 1 aliphatic heterocycles. The fraction of sp³-hybridized carbons (Fsp3) is 0.333. The summed E-state index contributed by atoms with van der Waals surface area (Å²) in [4.78, 5) is 1.69. The highest BCUT2D eigenvalue weighted by Gasteiger charge is 2.45. The molecule has 0 bridgehead atoms. The number of nitrogens with one attached hydrogen (secondary N) is 1. The van der Waals surface area contributed by atoms with Crippen molar-refractivity contribution < 1.29 is 8.76 Å². The molecule has 1 fully saturated rings. The minimum absolute atomic E-state index is 0.412. The Morgan fingerprint density at radius 3 is 2.91 bits per heavy atom. The predicted molar refractivity (Wildman–Crippen MR) is 83.2 cm³/mol. The van der Waals surface area contributed by atoms with Crippen LogP contribution in [0.3, 0.4) is 0 Å². The average molecular weight is 329 g/mol. The van der Waals surface area contributed by atoms with Crippen LogP contribution in [0.5, 0.6) is 0 Å². The van der Waals surface area contributed by atoms with E-state index in [0.29, 0.717) is 13.1 Å². The van der Waals surface area contributed by atoms with E-state index in [1.807, 2.05) is 28.9 Å². The van der Waals surface area contributed by atoms with Gasteiger partial charge in [-0.2, -0.15) is 10.4 Å². The van der Waals surface area contributed by atoms with Gasteiger partial charge in [0.15, 0.2) is 6.19 Å². The van der Waals surface area contributed by atoms with Gasteiger partial charge in [0.05, 0.1) is 36.2 Å². The second-order valence-electron chi connectivity index (χ2n) is 5.97. The number of rotatable bonds is 4. The van der Waals surface area contributed by atoms with Crippen molar-refractivity contribution in [3.05, 3.63) is 47.3 Å². The largest absolute Gasteiger partial charge is 0.300 e. The highest BCUT2D eigenvalue weighted by molar-refractivity contribution is 7.77. The predicted octanol–water partition coefficient (Wildman–Crippen LogP) is 1.38. The van der Waals surface area contributed by atoms with E-state index < -0.39 is 16.8 Å². The van der Waals surface area contributed by atoms with Crippen LogP contribution in [0.25, 0.3) is 5.69 Å². The van der Waals surface area contributed by atoms with Gasteiger partial charge in [-0.25, -0.2) is 13.6 Å². The standard InChI is InChI=1S/C15H15N5O2S/c16-10-19-8-11-7-17-20(14(11)9-19)13-3-1-2-12(6-13)15(4-5-15)18-23(21)22/h1-3,6-7,18H,4-5,8-9H2,(H,21,22). The van der Waals surface area contributed by atoms with Gasteiger partial charge in [0.25, 0.3) is 0 Å². The molecule has 4 rings (SSSR count). The molecule has 1 aromatic heterocycles. The van der Waals surface area contributed by atoms with Crippen molar-refractivity contribution in [3.63, 3.8) is 0 Å². The summed E-state index contributed by atoms with van der Waals surface area (Å²) in [6.07, 6.45) is 5.63. The summed E-state index contributed by atoms with van der Waals surface area (Å²) in [5.74, 6) is 0. The van der Waals surface area contributed by atoms with Gasteiger partial charge in [-0.1, -0.05) is 12.1 Å². The molecule has 1 aromatic carbocycles. The molecule has 1 atom stereocenters. The Hall–Kier alpha value is -2.21. The van der Waals surface area contributed by atoms with E-state index in [2.05, 4.69) is 16.0 Å². The molecule has 2 aromatic rings. The minimum Gasteiger partial charge on any atom is -0.300 e. The molecule has 0 saturated heterocycles. The lowest BCUT2D eigenvalue weighted by molar-refractivity contribution is 0.408. The third-order valence-corrected chi connectivity index (χ3v) is 5.04. The molecular formula is C15H15N5O2S. The lowest BCUT2D eigenvalue weighted by Gasteiger charge is -2.16. The fourth-order valence-corrected chi connectivity index (χ4v) is 3.78. The Kier molecular flexibility index (Phi) is 3.23. The van der Waals surface area contributed by atoms with Crippen LogP contribution in [0.4, 0.5) is 0 Å². The van der Waals surface area contributed by atoms with Gasteiger partial charge in [-0.3, -0.25) is 4.55 Å². The Morgan fingerprint density at radius 2 is 2.22 bits per heavy atom. The molecule has 2 N–H and O–H groups in total. The number of benzene rings is 1. The SMILES string of the molecule is N#CN1Cc2cnn(-c3cccc(C4(NS(=O)O)CC4)c3)c2C1. The van der Waals surface area contributed by atoms with Crippen molar-refractivity contribution in [2.75, 3.05) is 0 Å². The Labute approximate surface area is 135 Å². The third kappa shape index (κ3) is 2.43. The van der Waals surface area contributed by atoms with Crippen LogP contribution in [-0.4, -0.2) is 23.4 Å². The average Bonchev–Trinajstić information content (AvgIpc) is 3.03. The zero-order valence-corrected chi connectivity index (χ0v) is 13.1. The summed E-state index contributed by atoms with van der Waals surface area (Å²) in [6, 6.07) is 7.84. The second kappa shape index (κ2) is 5.16. The molecule has 0 amide bonds. The van der Waals surface area contributed by atoms with Crippen molar-refractivity contribution in [1.29, 1.82) is 5.26 Å². The van der Waals surface area contributed by atoms with Crippen molar-refractivity contribution in [3.8, 4) is 11.9 Å². The maximum atomic E-state index is 11.1. The second-order valence-corrected chi connectivity index (χ2v) is 6.67. The maximum Gasteiger partial charge on any atom is 0.232 e. The zero-order valence-electron chi connectivity index (χ0n) is 12.3. The van der Waals surface area contributed by atoms with Gasteiger partial charge in [-0.15, -0.1) is 0 Å². The van der Waals surface area contributed by atoms with E-state index in [9.17, 15) is 4.21 Å². The Bertz CT molecular complexity index is 837. The summed E-state index contributed by atoms with van der Waals surface area (Å²) in [6.45, 7) is 1.15. The van der Waals surface area contributed by atoms with E-state index in [4.69, 9.17) is 9.81 Å². The molecule has 1 unspecified atom stereocenters. The minimum atomic E-state index is -2.04. The molecule has 2 heterocycles. The van der Waals surface area contributed by atoms with Crippen LogP contribution >= 0.6 is 0 Å². The third-order valence-electron chi connectivity index (χ3n) is 4.47. The number of hydrogen-bond donors (Lipinski definition) is 2. The molecule has 1 saturated carbocycles. The quantitative estimate of drug-likeness (QED) is 0.653. The molecule has 2 aliphatic rings. The summed E-state index contributed by atoms with van der Waals surface area (Å²) in [7, 11) is 0. The first-order valence-corrected chi connectivity index (χ1v) is 8.42. The maximum absolute atomic E-state index is 11.1. The number of fused-ring (bicyclic) bond motifs is 1. The van der Waals surface area contributed by atoms with Crippen LogP contribution in [0.15, 0.2) is 30.5 Å².